The molecule has 0 aliphatic carbocycles. The van der Waals surface area contributed by atoms with Crippen molar-refractivity contribution in [2.45, 2.75) is 20.3 Å². The largest absolute Gasteiger partial charge is 0.295 e. The Bertz CT molecular complexity index is 682. The van der Waals surface area contributed by atoms with Crippen molar-refractivity contribution in [3.05, 3.63) is 76.9 Å². The average Bonchev–Trinajstić information content (AvgIpc) is 2.48. The van der Waals surface area contributed by atoms with Crippen LogP contribution in [0.3, 0.4) is 0 Å². The first kappa shape index (κ1) is 14.9. The second-order valence-electron chi connectivity index (χ2n) is 5.00. The average molecular weight is 278 g/mol. The van der Waals surface area contributed by atoms with E-state index in [1.807, 2.05) is 48.6 Å². The van der Waals surface area contributed by atoms with Gasteiger partial charge in [-0.15, -0.1) is 0 Å². The molecule has 0 aliphatic rings. The molecular formula is C19H18O2. The first-order valence-corrected chi connectivity index (χ1v) is 6.94. The van der Waals surface area contributed by atoms with Crippen LogP contribution in [0.1, 0.15) is 45.7 Å². The molecule has 0 radical (unpaired) electrons. The first-order valence-electron chi connectivity index (χ1n) is 6.94. The van der Waals surface area contributed by atoms with E-state index in [0.717, 1.165) is 11.1 Å². The second-order valence-corrected chi connectivity index (χ2v) is 5.00. The molecule has 2 heteroatoms. The summed E-state index contributed by atoms with van der Waals surface area (Å²) in [5.74, 6) is 0.0339. The standard InChI is InChI=1S/C19H18O2/c1-14(20)17-11-12-19(15(2)21)18(13-17)10-6-9-16-7-4-3-5-8-16/h3-9,11-13H,10H2,1-2H3/b9-6+. The molecule has 0 N–H and O–H groups in total. The highest BCUT2D eigenvalue weighted by Crippen LogP contribution is 2.15. The molecule has 0 saturated carbocycles. The molecule has 0 atom stereocenters. The van der Waals surface area contributed by atoms with Gasteiger partial charge < -0.3 is 0 Å². The molecule has 0 fully saturated rings. The topological polar surface area (TPSA) is 34.1 Å². The van der Waals surface area contributed by atoms with Crippen molar-refractivity contribution in [2.24, 2.45) is 0 Å². The maximum atomic E-state index is 11.7. The van der Waals surface area contributed by atoms with E-state index in [-0.39, 0.29) is 11.6 Å². The van der Waals surface area contributed by atoms with E-state index in [1.54, 1.807) is 19.1 Å². The SMILES string of the molecule is CC(=O)c1ccc(C(C)=O)c(C/C=C/c2ccccc2)c1. The third-order valence-corrected chi connectivity index (χ3v) is 3.34. The molecule has 0 aliphatic heterocycles. The molecular weight excluding hydrogens is 260 g/mol. The maximum absolute atomic E-state index is 11.7. The number of carbonyl (C=O) groups is 2. The van der Waals surface area contributed by atoms with Crippen LogP contribution in [0.25, 0.3) is 6.08 Å². The fourth-order valence-corrected chi connectivity index (χ4v) is 2.21. The van der Waals surface area contributed by atoms with E-state index in [9.17, 15) is 9.59 Å². The molecule has 0 heterocycles. The maximum Gasteiger partial charge on any atom is 0.160 e. The number of Topliss-reactive ketones (excluding diaryl/α,β-unsaturated/α-hetero) is 2. The van der Waals surface area contributed by atoms with E-state index in [2.05, 4.69) is 0 Å². The number of benzene rings is 2. The number of hydrogen-bond donors (Lipinski definition) is 0. The van der Waals surface area contributed by atoms with Gasteiger partial charge in [0.05, 0.1) is 0 Å². The van der Waals surface area contributed by atoms with Crippen LogP contribution in [-0.4, -0.2) is 11.6 Å². The normalized spacial score (nSPS) is 10.8. The summed E-state index contributed by atoms with van der Waals surface area (Å²) in [6.45, 7) is 3.08. The predicted octanol–water partition coefficient (Wildman–Crippen LogP) is 4.35. The van der Waals surface area contributed by atoms with E-state index in [0.29, 0.717) is 17.5 Å². The van der Waals surface area contributed by atoms with Crippen molar-refractivity contribution < 1.29 is 9.59 Å². The molecule has 0 saturated heterocycles. The lowest BCUT2D eigenvalue weighted by Gasteiger charge is -2.06. The van der Waals surface area contributed by atoms with E-state index < -0.39 is 0 Å². The summed E-state index contributed by atoms with van der Waals surface area (Å²) >= 11 is 0. The summed E-state index contributed by atoms with van der Waals surface area (Å²) < 4.78 is 0. The summed E-state index contributed by atoms with van der Waals surface area (Å²) in [5.41, 5.74) is 3.33. The van der Waals surface area contributed by atoms with Crippen LogP contribution in [0.4, 0.5) is 0 Å². The molecule has 2 nitrogen and oxygen atoms in total. The zero-order valence-corrected chi connectivity index (χ0v) is 12.3. The third kappa shape index (κ3) is 3.99. The van der Waals surface area contributed by atoms with Crippen LogP contribution in [0.15, 0.2) is 54.6 Å². The van der Waals surface area contributed by atoms with Crippen molar-refractivity contribution in [1.82, 2.24) is 0 Å². The first-order chi connectivity index (χ1) is 10.1. The summed E-state index contributed by atoms with van der Waals surface area (Å²) in [6, 6.07) is 15.3. The van der Waals surface area contributed by atoms with Crippen LogP contribution in [0.5, 0.6) is 0 Å². The summed E-state index contributed by atoms with van der Waals surface area (Å²) in [4.78, 5) is 23.1. The van der Waals surface area contributed by atoms with Crippen molar-refractivity contribution >= 4 is 17.6 Å². The Morgan fingerprint density at radius 1 is 0.952 bits per heavy atom. The highest BCUT2D eigenvalue weighted by atomic mass is 16.1. The summed E-state index contributed by atoms with van der Waals surface area (Å²) in [6.07, 6.45) is 4.66. The minimum absolute atomic E-state index is 0.0124. The van der Waals surface area contributed by atoms with Crippen LogP contribution in [0, 0.1) is 0 Å². The molecule has 0 spiro atoms. The minimum Gasteiger partial charge on any atom is -0.295 e. The molecule has 0 aromatic heterocycles. The van der Waals surface area contributed by atoms with Gasteiger partial charge in [-0.05, 0) is 37.5 Å². The Kier molecular flexibility index (Phi) is 4.83. The Labute approximate surface area is 125 Å². The molecule has 106 valence electrons. The van der Waals surface area contributed by atoms with Crippen molar-refractivity contribution in [2.75, 3.05) is 0 Å². The predicted molar refractivity (Wildman–Crippen MR) is 85.6 cm³/mol. The Balaban J connectivity index is 2.25. The van der Waals surface area contributed by atoms with Crippen molar-refractivity contribution in [3.63, 3.8) is 0 Å². The van der Waals surface area contributed by atoms with Crippen LogP contribution in [0.2, 0.25) is 0 Å². The highest BCUT2D eigenvalue weighted by molar-refractivity contribution is 5.99. The van der Waals surface area contributed by atoms with Crippen molar-refractivity contribution in [1.29, 1.82) is 0 Å². The lowest BCUT2D eigenvalue weighted by atomic mass is 9.97. The van der Waals surface area contributed by atoms with Gasteiger partial charge in [0, 0.05) is 11.1 Å². The molecule has 0 bridgehead atoms. The Morgan fingerprint density at radius 3 is 2.29 bits per heavy atom. The fourth-order valence-electron chi connectivity index (χ4n) is 2.21. The molecule has 2 aromatic carbocycles. The Morgan fingerprint density at radius 2 is 1.67 bits per heavy atom. The summed E-state index contributed by atoms with van der Waals surface area (Å²) in [7, 11) is 0. The minimum atomic E-state index is 0.0124. The van der Waals surface area contributed by atoms with E-state index in [4.69, 9.17) is 0 Å². The van der Waals surface area contributed by atoms with Gasteiger partial charge in [0.25, 0.3) is 0 Å². The van der Waals surface area contributed by atoms with Gasteiger partial charge in [-0.1, -0.05) is 54.6 Å². The zero-order chi connectivity index (χ0) is 15.2. The van der Waals surface area contributed by atoms with Gasteiger partial charge >= 0.3 is 0 Å². The molecule has 2 aromatic rings. The molecule has 0 unspecified atom stereocenters. The van der Waals surface area contributed by atoms with Crippen molar-refractivity contribution in [3.8, 4) is 0 Å². The highest BCUT2D eigenvalue weighted by Gasteiger charge is 2.09. The van der Waals surface area contributed by atoms with Gasteiger partial charge in [-0.3, -0.25) is 9.59 Å². The van der Waals surface area contributed by atoms with E-state index in [1.165, 1.54) is 6.92 Å². The van der Waals surface area contributed by atoms with Gasteiger partial charge in [-0.25, -0.2) is 0 Å². The monoisotopic (exact) mass is 278 g/mol. The lowest BCUT2D eigenvalue weighted by Crippen LogP contribution is -2.02. The molecule has 21 heavy (non-hydrogen) atoms. The smallest absolute Gasteiger partial charge is 0.160 e. The number of hydrogen-bond acceptors (Lipinski definition) is 2. The number of rotatable bonds is 5. The number of allylic oxidation sites excluding steroid dienone is 1. The lowest BCUT2D eigenvalue weighted by molar-refractivity contribution is 0.100. The van der Waals surface area contributed by atoms with Gasteiger partial charge in [-0.2, -0.15) is 0 Å². The molecule has 2 rings (SSSR count). The second kappa shape index (κ2) is 6.80. The van der Waals surface area contributed by atoms with Crippen LogP contribution in [-0.2, 0) is 6.42 Å². The summed E-state index contributed by atoms with van der Waals surface area (Å²) in [5, 5.41) is 0. The Hall–Kier alpha value is -2.48. The fraction of sp³-hybridized carbons (Fsp3) is 0.158. The van der Waals surface area contributed by atoms with Gasteiger partial charge in [0.2, 0.25) is 0 Å². The van der Waals surface area contributed by atoms with E-state index >= 15 is 0 Å². The quantitative estimate of drug-likeness (QED) is 0.762. The number of ketones is 2. The number of carbonyl (C=O) groups excluding carboxylic acids is 2. The van der Waals surface area contributed by atoms with Crippen LogP contribution >= 0.6 is 0 Å². The molecule has 0 amide bonds. The third-order valence-electron chi connectivity index (χ3n) is 3.34. The van der Waals surface area contributed by atoms with Crippen LogP contribution < -0.4 is 0 Å². The van der Waals surface area contributed by atoms with Gasteiger partial charge in [0.15, 0.2) is 11.6 Å². The zero-order valence-electron chi connectivity index (χ0n) is 12.3. The van der Waals surface area contributed by atoms with Gasteiger partial charge in [0.1, 0.15) is 0 Å².